The van der Waals surface area contributed by atoms with Crippen molar-refractivity contribution in [3.63, 3.8) is 0 Å². The van der Waals surface area contributed by atoms with Crippen LogP contribution in [0.25, 0.3) is 22.2 Å². The summed E-state index contributed by atoms with van der Waals surface area (Å²) in [6.07, 6.45) is -5.71. The van der Waals surface area contributed by atoms with Crippen LogP contribution in [0.15, 0.2) is 59.5 Å². The Morgan fingerprint density at radius 3 is 2.42 bits per heavy atom. The van der Waals surface area contributed by atoms with E-state index in [-0.39, 0.29) is 43.2 Å². The van der Waals surface area contributed by atoms with Crippen molar-refractivity contribution < 1.29 is 31.4 Å². The van der Waals surface area contributed by atoms with Gasteiger partial charge in [0.1, 0.15) is 23.2 Å². The first-order chi connectivity index (χ1) is 16.9. The monoisotopic (exact) mass is 558 g/mol. The van der Waals surface area contributed by atoms with E-state index in [1.165, 1.54) is 48.5 Å². The van der Waals surface area contributed by atoms with E-state index in [0.717, 1.165) is 6.07 Å². The Kier molecular flexibility index (Phi) is 7.25. The number of nitrogens with zero attached hydrogens (tertiary/aromatic N) is 1. The fraction of sp³-hybridized carbons (Fsp3) is 0.208. The number of para-hydroxylation sites is 1. The van der Waals surface area contributed by atoms with E-state index >= 15 is 0 Å². The van der Waals surface area contributed by atoms with Crippen molar-refractivity contribution in [2.45, 2.75) is 30.7 Å². The molecule has 6 nitrogen and oxygen atoms in total. The standard InChI is InChI=1S/C24H19Cl2F3N2O4S/c1-2-11-36(33,34)14-9-7-13(8-10-14)22(32)23-30-17-12-16(25)19(20(26)21(17)31-23)15-5-3-4-6-18(15)35-24(27,28)29/h3-10,12,22,32H,2,11H2,1H3,(H,30,31). The lowest BCUT2D eigenvalue weighted by molar-refractivity contribution is -0.274. The minimum Gasteiger partial charge on any atom is -0.405 e. The quantitative estimate of drug-likeness (QED) is 0.263. The fourth-order valence-electron chi connectivity index (χ4n) is 3.76. The number of hydrogen-bond acceptors (Lipinski definition) is 5. The number of aliphatic hydroxyl groups is 1. The predicted molar refractivity (Wildman–Crippen MR) is 131 cm³/mol. The lowest BCUT2D eigenvalue weighted by Gasteiger charge is -2.15. The van der Waals surface area contributed by atoms with Gasteiger partial charge in [0.2, 0.25) is 0 Å². The minimum absolute atomic E-state index is 0.0111. The number of rotatable bonds is 7. The maximum Gasteiger partial charge on any atom is 0.573 e. The van der Waals surface area contributed by atoms with Gasteiger partial charge in [-0.25, -0.2) is 13.4 Å². The summed E-state index contributed by atoms with van der Waals surface area (Å²) in [4.78, 5) is 7.40. The largest absolute Gasteiger partial charge is 0.573 e. The molecule has 1 aromatic heterocycles. The molecule has 0 saturated heterocycles. The molecule has 0 aliphatic rings. The molecule has 36 heavy (non-hydrogen) atoms. The second kappa shape index (κ2) is 9.93. The van der Waals surface area contributed by atoms with Gasteiger partial charge in [-0.2, -0.15) is 0 Å². The zero-order chi connectivity index (χ0) is 26.3. The number of benzene rings is 3. The summed E-state index contributed by atoms with van der Waals surface area (Å²) < 4.78 is 67.3. The summed E-state index contributed by atoms with van der Waals surface area (Å²) in [6, 6.07) is 12.6. The third-order valence-corrected chi connectivity index (χ3v) is 7.96. The van der Waals surface area contributed by atoms with E-state index in [1.54, 1.807) is 6.92 Å². The van der Waals surface area contributed by atoms with E-state index in [2.05, 4.69) is 14.7 Å². The number of aliphatic hydroxyl groups excluding tert-OH is 1. The number of nitrogens with one attached hydrogen (secondary N) is 1. The normalized spacial score (nSPS) is 13.2. The Morgan fingerprint density at radius 2 is 1.78 bits per heavy atom. The number of ether oxygens (including phenoxy) is 1. The molecule has 0 fully saturated rings. The van der Waals surface area contributed by atoms with Crippen molar-refractivity contribution in [1.29, 1.82) is 0 Å². The Labute approximate surface area is 214 Å². The number of hydrogen-bond donors (Lipinski definition) is 2. The van der Waals surface area contributed by atoms with Crippen LogP contribution in [0.4, 0.5) is 13.2 Å². The maximum atomic E-state index is 12.9. The summed E-state index contributed by atoms with van der Waals surface area (Å²) in [5, 5.41) is 10.9. The number of imidazole rings is 1. The molecule has 190 valence electrons. The van der Waals surface area contributed by atoms with E-state index < -0.39 is 28.1 Å². The molecule has 4 aromatic rings. The van der Waals surface area contributed by atoms with Crippen molar-refractivity contribution in [1.82, 2.24) is 9.97 Å². The number of alkyl halides is 3. The highest BCUT2D eigenvalue weighted by Gasteiger charge is 2.33. The maximum absolute atomic E-state index is 12.9. The topological polar surface area (TPSA) is 92.3 Å². The highest BCUT2D eigenvalue weighted by Crippen LogP contribution is 2.44. The van der Waals surface area contributed by atoms with Gasteiger partial charge in [-0.3, -0.25) is 0 Å². The van der Waals surface area contributed by atoms with Crippen LogP contribution in [0.3, 0.4) is 0 Å². The number of halogens is 5. The third-order valence-electron chi connectivity index (χ3n) is 5.36. The van der Waals surface area contributed by atoms with E-state index in [1.807, 2.05) is 0 Å². The van der Waals surface area contributed by atoms with Gasteiger partial charge >= 0.3 is 6.36 Å². The highest BCUT2D eigenvalue weighted by atomic mass is 35.5. The molecule has 3 aromatic carbocycles. The van der Waals surface area contributed by atoms with Crippen LogP contribution in [-0.4, -0.2) is 35.6 Å². The zero-order valence-corrected chi connectivity index (χ0v) is 20.9. The fourth-order valence-corrected chi connectivity index (χ4v) is 5.79. The summed E-state index contributed by atoms with van der Waals surface area (Å²) in [5.41, 5.74) is 0.994. The van der Waals surface area contributed by atoms with Crippen LogP contribution in [0.5, 0.6) is 5.75 Å². The number of sulfone groups is 1. The number of fused-ring (bicyclic) bond motifs is 1. The molecule has 0 spiro atoms. The van der Waals surface area contributed by atoms with Gasteiger partial charge in [0.25, 0.3) is 0 Å². The van der Waals surface area contributed by atoms with Gasteiger partial charge in [0, 0.05) is 11.1 Å². The molecule has 0 aliphatic carbocycles. The Balaban J connectivity index is 1.73. The average molecular weight is 559 g/mol. The molecule has 0 radical (unpaired) electrons. The first kappa shape index (κ1) is 26.3. The molecule has 0 bridgehead atoms. The second-order valence-electron chi connectivity index (χ2n) is 7.90. The van der Waals surface area contributed by atoms with E-state index in [9.17, 15) is 26.7 Å². The van der Waals surface area contributed by atoms with Gasteiger partial charge < -0.3 is 14.8 Å². The lowest BCUT2D eigenvalue weighted by Crippen LogP contribution is -2.17. The lowest BCUT2D eigenvalue weighted by atomic mass is 10.0. The second-order valence-corrected chi connectivity index (χ2v) is 10.8. The number of H-pyrrole nitrogens is 1. The molecule has 0 aliphatic heterocycles. The molecule has 1 heterocycles. The van der Waals surface area contributed by atoms with Crippen molar-refractivity contribution in [2.24, 2.45) is 0 Å². The highest BCUT2D eigenvalue weighted by molar-refractivity contribution is 7.91. The van der Waals surface area contributed by atoms with Crippen LogP contribution in [0, 0.1) is 0 Å². The van der Waals surface area contributed by atoms with Gasteiger partial charge in [-0.1, -0.05) is 60.5 Å². The average Bonchev–Trinajstić information content (AvgIpc) is 3.23. The minimum atomic E-state index is -4.92. The van der Waals surface area contributed by atoms with Crippen molar-refractivity contribution >= 4 is 44.1 Å². The predicted octanol–water partition coefficient (Wildman–Crippen LogP) is 6.70. The Bertz CT molecular complexity index is 1520. The van der Waals surface area contributed by atoms with Crippen LogP contribution >= 0.6 is 23.2 Å². The number of aromatic nitrogens is 2. The van der Waals surface area contributed by atoms with Gasteiger partial charge in [0.05, 0.1) is 26.2 Å². The molecule has 2 N–H and O–H groups in total. The number of aromatic amines is 1. The first-order valence-electron chi connectivity index (χ1n) is 10.6. The zero-order valence-electron chi connectivity index (χ0n) is 18.6. The first-order valence-corrected chi connectivity index (χ1v) is 13.1. The summed E-state index contributed by atoms with van der Waals surface area (Å²) in [7, 11) is -3.41. The summed E-state index contributed by atoms with van der Waals surface area (Å²) in [5.74, 6) is -0.386. The SMILES string of the molecule is CCCS(=O)(=O)c1ccc(C(O)c2nc3c(Cl)c(-c4ccccc4OC(F)(F)F)c(Cl)cc3[nH]2)cc1. The van der Waals surface area contributed by atoms with Crippen molar-refractivity contribution in [2.75, 3.05) is 5.75 Å². The molecule has 1 unspecified atom stereocenters. The molecular formula is C24H19Cl2F3N2O4S. The van der Waals surface area contributed by atoms with Gasteiger partial charge in [-0.05, 0) is 36.2 Å². The summed E-state index contributed by atoms with van der Waals surface area (Å²) >= 11 is 12.9. The molecule has 4 rings (SSSR count). The summed E-state index contributed by atoms with van der Waals surface area (Å²) in [6.45, 7) is 1.77. The smallest absolute Gasteiger partial charge is 0.405 e. The third kappa shape index (κ3) is 5.31. The molecule has 1 atom stereocenters. The van der Waals surface area contributed by atoms with Gasteiger partial charge in [0.15, 0.2) is 9.84 Å². The molecule has 12 heteroatoms. The van der Waals surface area contributed by atoms with Crippen molar-refractivity contribution in [3.8, 4) is 16.9 Å². The van der Waals surface area contributed by atoms with Crippen LogP contribution in [0.1, 0.15) is 30.8 Å². The molecule has 0 amide bonds. The Morgan fingerprint density at radius 1 is 1.11 bits per heavy atom. The van der Waals surface area contributed by atoms with Crippen LogP contribution < -0.4 is 4.74 Å². The van der Waals surface area contributed by atoms with Crippen molar-refractivity contribution in [3.05, 3.63) is 76.0 Å². The molecule has 0 saturated carbocycles. The molecular weight excluding hydrogens is 540 g/mol. The van der Waals surface area contributed by atoms with Crippen LogP contribution in [0.2, 0.25) is 10.0 Å². The van der Waals surface area contributed by atoms with E-state index in [4.69, 9.17) is 23.2 Å². The van der Waals surface area contributed by atoms with Gasteiger partial charge in [-0.15, -0.1) is 13.2 Å². The van der Waals surface area contributed by atoms with Crippen LogP contribution in [-0.2, 0) is 9.84 Å². The Hall–Kier alpha value is -2.79. The van der Waals surface area contributed by atoms with E-state index in [0.29, 0.717) is 17.5 Å².